The largest absolute Gasteiger partial charge is 0.491 e. The Morgan fingerprint density at radius 1 is 1.17 bits per heavy atom. The van der Waals surface area contributed by atoms with Crippen LogP contribution in [0.3, 0.4) is 0 Å². The maximum atomic E-state index is 13.5. The fourth-order valence-electron chi connectivity index (χ4n) is 1.41. The van der Waals surface area contributed by atoms with Crippen LogP contribution in [-0.4, -0.2) is 13.2 Å². The van der Waals surface area contributed by atoms with Crippen LogP contribution >= 0.6 is 0 Å². The van der Waals surface area contributed by atoms with E-state index in [9.17, 15) is 4.39 Å². The number of hydrogen-bond donors (Lipinski definition) is 1. The lowest BCUT2D eigenvalue weighted by molar-refractivity contribution is 0.242. The van der Waals surface area contributed by atoms with Crippen molar-refractivity contribution in [1.29, 1.82) is 0 Å². The summed E-state index contributed by atoms with van der Waals surface area (Å²) in [5.41, 5.74) is 6.20. The van der Waals surface area contributed by atoms with Gasteiger partial charge in [0.25, 0.3) is 0 Å². The molecular formula is C14H22FNO2. The molecule has 0 aliphatic rings. The third kappa shape index (κ3) is 4.43. The zero-order valence-electron chi connectivity index (χ0n) is 11.5. The van der Waals surface area contributed by atoms with E-state index >= 15 is 0 Å². The highest BCUT2D eigenvalue weighted by Gasteiger charge is 2.13. The Morgan fingerprint density at radius 2 is 1.83 bits per heavy atom. The van der Waals surface area contributed by atoms with Crippen molar-refractivity contribution < 1.29 is 13.9 Å². The van der Waals surface area contributed by atoms with Crippen LogP contribution in [-0.2, 0) is 0 Å². The zero-order chi connectivity index (χ0) is 13.8. The molecule has 0 spiro atoms. The average molecular weight is 255 g/mol. The number of anilines is 1. The number of halogens is 1. The maximum Gasteiger partial charge on any atom is 0.167 e. The minimum Gasteiger partial charge on any atom is -0.491 e. The van der Waals surface area contributed by atoms with Crippen LogP contribution < -0.4 is 15.2 Å². The van der Waals surface area contributed by atoms with Crippen LogP contribution in [0.2, 0.25) is 0 Å². The van der Waals surface area contributed by atoms with Gasteiger partial charge in [-0.05, 0) is 18.8 Å². The standard InChI is InChI=1S/C14H22FNO2/c1-5-17-12-9-13(11(16)8-10(12)15)18-7-6-14(2,3)4/h8-9H,5-7,16H2,1-4H3. The summed E-state index contributed by atoms with van der Waals surface area (Å²) in [7, 11) is 0. The summed E-state index contributed by atoms with van der Waals surface area (Å²) < 4.78 is 24.2. The summed E-state index contributed by atoms with van der Waals surface area (Å²) in [6.45, 7) is 9.16. The highest BCUT2D eigenvalue weighted by atomic mass is 19.1. The van der Waals surface area contributed by atoms with E-state index in [1.54, 1.807) is 6.92 Å². The number of nitrogen functional groups attached to an aromatic ring is 1. The lowest BCUT2D eigenvalue weighted by Crippen LogP contribution is -2.12. The van der Waals surface area contributed by atoms with Gasteiger partial charge in [0.15, 0.2) is 11.6 Å². The van der Waals surface area contributed by atoms with Crippen molar-refractivity contribution in [2.24, 2.45) is 5.41 Å². The van der Waals surface area contributed by atoms with Crippen LogP contribution in [0, 0.1) is 11.2 Å². The number of hydrogen-bond acceptors (Lipinski definition) is 3. The SMILES string of the molecule is CCOc1cc(OCCC(C)(C)C)c(N)cc1F. The quantitative estimate of drug-likeness (QED) is 0.817. The second-order valence-electron chi connectivity index (χ2n) is 5.41. The molecule has 0 radical (unpaired) electrons. The predicted molar refractivity (Wildman–Crippen MR) is 71.5 cm³/mol. The van der Waals surface area contributed by atoms with Gasteiger partial charge >= 0.3 is 0 Å². The van der Waals surface area contributed by atoms with Crippen LogP contribution in [0.4, 0.5) is 10.1 Å². The van der Waals surface area contributed by atoms with Crippen LogP contribution in [0.5, 0.6) is 11.5 Å². The molecule has 0 amide bonds. The van der Waals surface area contributed by atoms with Gasteiger partial charge in [0.05, 0.1) is 18.9 Å². The van der Waals surface area contributed by atoms with Crippen LogP contribution in [0.25, 0.3) is 0 Å². The topological polar surface area (TPSA) is 44.5 Å². The number of rotatable bonds is 5. The van der Waals surface area contributed by atoms with E-state index in [1.165, 1.54) is 12.1 Å². The third-order valence-electron chi connectivity index (χ3n) is 2.47. The molecule has 4 heteroatoms. The van der Waals surface area contributed by atoms with E-state index in [-0.39, 0.29) is 11.2 Å². The average Bonchev–Trinajstić information content (AvgIpc) is 2.23. The Bertz CT molecular complexity index is 400. The van der Waals surface area contributed by atoms with Crippen molar-refractivity contribution in [3.05, 3.63) is 17.9 Å². The lowest BCUT2D eigenvalue weighted by Gasteiger charge is -2.19. The molecule has 1 rings (SSSR count). The van der Waals surface area contributed by atoms with E-state index in [0.717, 1.165) is 6.42 Å². The minimum absolute atomic E-state index is 0.178. The molecule has 0 unspecified atom stereocenters. The molecule has 0 bridgehead atoms. The van der Waals surface area contributed by atoms with Gasteiger partial charge < -0.3 is 15.2 Å². The number of benzene rings is 1. The third-order valence-corrected chi connectivity index (χ3v) is 2.47. The van der Waals surface area contributed by atoms with Gasteiger partial charge in [-0.3, -0.25) is 0 Å². The van der Waals surface area contributed by atoms with Crippen molar-refractivity contribution in [1.82, 2.24) is 0 Å². The summed E-state index contributed by atoms with van der Waals surface area (Å²) in [6, 6.07) is 2.74. The van der Waals surface area contributed by atoms with Gasteiger partial charge in [-0.1, -0.05) is 20.8 Å². The summed E-state index contributed by atoms with van der Waals surface area (Å²) in [5.74, 6) is 0.194. The summed E-state index contributed by atoms with van der Waals surface area (Å²) in [4.78, 5) is 0. The fraction of sp³-hybridized carbons (Fsp3) is 0.571. The van der Waals surface area contributed by atoms with Gasteiger partial charge in [-0.25, -0.2) is 4.39 Å². The molecule has 102 valence electrons. The molecule has 0 aromatic heterocycles. The van der Waals surface area contributed by atoms with Crippen molar-refractivity contribution in [3.8, 4) is 11.5 Å². The summed E-state index contributed by atoms with van der Waals surface area (Å²) in [5, 5.41) is 0. The second-order valence-corrected chi connectivity index (χ2v) is 5.41. The Hall–Kier alpha value is -1.45. The summed E-state index contributed by atoms with van der Waals surface area (Å²) >= 11 is 0. The number of nitrogens with two attached hydrogens (primary N) is 1. The normalized spacial score (nSPS) is 11.4. The van der Waals surface area contributed by atoms with Crippen molar-refractivity contribution in [2.45, 2.75) is 34.1 Å². The first-order valence-electron chi connectivity index (χ1n) is 6.18. The van der Waals surface area contributed by atoms with Gasteiger partial charge in [0, 0.05) is 12.1 Å². The van der Waals surface area contributed by atoms with Crippen molar-refractivity contribution >= 4 is 5.69 Å². The molecule has 0 saturated heterocycles. The molecule has 3 nitrogen and oxygen atoms in total. The molecule has 0 saturated carbocycles. The maximum absolute atomic E-state index is 13.5. The first-order chi connectivity index (χ1) is 8.33. The molecule has 1 aromatic rings. The zero-order valence-corrected chi connectivity index (χ0v) is 11.5. The molecule has 0 aliphatic carbocycles. The molecule has 0 aliphatic heterocycles. The lowest BCUT2D eigenvalue weighted by atomic mass is 9.93. The monoisotopic (exact) mass is 255 g/mol. The van der Waals surface area contributed by atoms with E-state index in [1.807, 2.05) is 0 Å². The van der Waals surface area contributed by atoms with Gasteiger partial charge in [-0.15, -0.1) is 0 Å². The Labute approximate surface area is 108 Å². The summed E-state index contributed by atoms with van der Waals surface area (Å²) in [6.07, 6.45) is 0.897. The van der Waals surface area contributed by atoms with Crippen LogP contribution in [0.1, 0.15) is 34.1 Å². The molecule has 1 aromatic carbocycles. The Morgan fingerprint density at radius 3 is 2.39 bits per heavy atom. The molecule has 2 N–H and O–H groups in total. The van der Waals surface area contributed by atoms with Crippen LogP contribution in [0.15, 0.2) is 12.1 Å². The van der Waals surface area contributed by atoms with Gasteiger partial charge in [0.1, 0.15) is 5.75 Å². The second kappa shape index (κ2) is 5.94. The van der Waals surface area contributed by atoms with Crippen molar-refractivity contribution in [2.75, 3.05) is 18.9 Å². The fourth-order valence-corrected chi connectivity index (χ4v) is 1.41. The van der Waals surface area contributed by atoms with E-state index in [2.05, 4.69) is 20.8 Å². The molecule has 0 heterocycles. The predicted octanol–water partition coefficient (Wildman–Crippen LogP) is 3.62. The van der Waals surface area contributed by atoms with Crippen molar-refractivity contribution in [3.63, 3.8) is 0 Å². The Kier molecular flexibility index (Phi) is 4.82. The first-order valence-corrected chi connectivity index (χ1v) is 6.18. The van der Waals surface area contributed by atoms with E-state index in [4.69, 9.17) is 15.2 Å². The molecule has 18 heavy (non-hydrogen) atoms. The minimum atomic E-state index is -0.461. The molecule has 0 fully saturated rings. The highest BCUT2D eigenvalue weighted by Crippen LogP contribution is 2.31. The smallest absolute Gasteiger partial charge is 0.167 e. The van der Waals surface area contributed by atoms with E-state index in [0.29, 0.717) is 24.7 Å². The molecule has 0 atom stereocenters. The number of ether oxygens (including phenoxy) is 2. The molecular weight excluding hydrogens is 233 g/mol. The van der Waals surface area contributed by atoms with Gasteiger partial charge in [0.2, 0.25) is 0 Å². The van der Waals surface area contributed by atoms with Gasteiger partial charge in [-0.2, -0.15) is 0 Å². The van der Waals surface area contributed by atoms with E-state index < -0.39 is 5.82 Å². The highest BCUT2D eigenvalue weighted by molar-refractivity contribution is 5.56. The Balaban J connectivity index is 2.73. The first kappa shape index (κ1) is 14.6.